The topological polar surface area (TPSA) is 73.2 Å². The summed E-state index contributed by atoms with van der Waals surface area (Å²) < 4.78 is 30.3. The van der Waals surface area contributed by atoms with E-state index in [9.17, 15) is 8.42 Å². The Balaban J connectivity index is 1.96. The molecule has 0 aliphatic carbocycles. The number of hydrogen-bond donors (Lipinski definition) is 1. The summed E-state index contributed by atoms with van der Waals surface area (Å²) >= 11 is 0. The van der Waals surface area contributed by atoms with Crippen LogP contribution >= 0.6 is 0 Å². The largest absolute Gasteiger partial charge is 0.383 e. The maximum Gasteiger partial charge on any atom is 0.150 e. The van der Waals surface area contributed by atoms with Crippen molar-refractivity contribution < 1.29 is 13.2 Å². The zero-order valence-electron chi connectivity index (χ0n) is 12.8. The van der Waals surface area contributed by atoms with Crippen molar-refractivity contribution in [3.05, 3.63) is 18.0 Å². The highest BCUT2D eigenvalue weighted by Gasteiger charge is 2.33. The molecule has 2 atom stereocenters. The van der Waals surface area contributed by atoms with Gasteiger partial charge in [-0.05, 0) is 36.8 Å². The second-order valence-electron chi connectivity index (χ2n) is 5.85. The molecule has 6 nitrogen and oxygen atoms in total. The van der Waals surface area contributed by atoms with Crippen LogP contribution in [0.15, 0.2) is 12.4 Å². The van der Waals surface area contributed by atoms with Crippen LogP contribution < -0.4 is 5.32 Å². The molecule has 2 unspecified atom stereocenters. The van der Waals surface area contributed by atoms with Gasteiger partial charge < -0.3 is 10.1 Å². The average molecular weight is 315 g/mol. The molecule has 0 bridgehead atoms. The molecule has 0 saturated carbocycles. The summed E-state index contributed by atoms with van der Waals surface area (Å²) in [5, 5.41) is 7.56. The van der Waals surface area contributed by atoms with Crippen molar-refractivity contribution in [3.63, 3.8) is 0 Å². The fraction of sp³-hybridized carbons (Fsp3) is 0.786. The Bertz CT molecular complexity index is 541. The van der Waals surface area contributed by atoms with Crippen LogP contribution in [-0.4, -0.2) is 56.5 Å². The predicted octanol–water partition coefficient (Wildman–Crippen LogP) is 0.250. The number of hydrogen-bond acceptors (Lipinski definition) is 5. The van der Waals surface area contributed by atoms with E-state index in [1.165, 1.54) is 5.56 Å². The summed E-state index contributed by atoms with van der Waals surface area (Å²) in [7, 11) is 0.741. The lowest BCUT2D eigenvalue weighted by Crippen LogP contribution is -2.32. The number of sulfone groups is 1. The number of ether oxygens (including phenoxy) is 1. The zero-order valence-corrected chi connectivity index (χ0v) is 13.6. The van der Waals surface area contributed by atoms with Crippen LogP contribution in [0.4, 0.5) is 0 Å². The maximum absolute atomic E-state index is 11.7. The summed E-state index contributed by atoms with van der Waals surface area (Å²) in [5.74, 6) is 1.22. The molecule has 2 heterocycles. The summed E-state index contributed by atoms with van der Waals surface area (Å²) in [4.78, 5) is 0. The Hall–Kier alpha value is -0.920. The Morgan fingerprint density at radius 2 is 2.38 bits per heavy atom. The molecule has 21 heavy (non-hydrogen) atoms. The molecule has 1 aromatic heterocycles. The van der Waals surface area contributed by atoms with Crippen molar-refractivity contribution >= 4 is 9.84 Å². The Labute approximate surface area is 126 Å². The van der Waals surface area contributed by atoms with Crippen LogP contribution in [0.3, 0.4) is 0 Å². The van der Waals surface area contributed by atoms with E-state index >= 15 is 0 Å². The van der Waals surface area contributed by atoms with E-state index in [1.807, 2.05) is 19.4 Å². The highest BCUT2D eigenvalue weighted by Crippen LogP contribution is 2.28. The van der Waals surface area contributed by atoms with E-state index in [1.54, 1.807) is 11.8 Å². The van der Waals surface area contributed by atoms with Crippen molar-refractivity contribution in [2.24, 2.45) is 18.9 Å². The Morgan fingerprint density at radius 1 is 1.57 bits per heavy atom. The van der Waals surface area contributed by atoms with E-state index in [4.69, 9.17) is 4.74 Å². The highest BCUT2D eigenvalue weighted by atomic mass is 32.2. The molecule has 1 N–H and O–H groups in total. The summed E-state index contributed by atoms with van der Waals surface area (Å²) in [5.41, 5.74) is 1.17. The smallest absolute Gasteiger partial charge is 0.150 e. The molecule has 120 valence electrons. The molecule has 0 spiro atoms. The average Bonchev–Trinajstić information content (AvgIpc) is 2.99. The van der Waals surface area contributed by atoms with Gasteiger partial charge in [-0.15, -0.1) is 0 Å². The van der Waals surface area contributed by atoms with Crippen molar-refractivity contribution in [1.82, 2.24) is 15.1 Å². The molecule has 1 aliphatic rings. The molecule has 1 saturated heterocycles. The van der Waals surface area contributed by atoms with Gasteiger partial charge in [-0.25, -0.2) is 8.42 Å². The Morgan fingerprint density at radius 3 is 2.95 bits per heavy atom. The summed E-state index contributed by atoms with van der Waals surface area (Å²) in [6.07, 6.45) is 5.52. The number of aromatic nitrogens is 2. The van der Waals surface area contributed by atoms with Gasteiger partial charge >= 0.3 is 0 Å². The molecule has 0 aromatic carbocycles. The third-order valence-electron chi connectivity index (χ3n) is 4.08. The summed E-state index contributed by atoms with van der Waals surface area (Å²) in [6, 6.07) is 0. The molecule has 1 aliphatic heterocycles. The molecular weight excluding hydrogens is 290 g/mol. The number of nitrogens with zero attached hydrogens (tertiary/aromatic N) is 2. The van der Waals surface area contributed by atoms with E-state index in [0.717, 1.165) is 25.9 Å². The molecule has 0 radical (unpaired) electrons. The quantitative estimate of drug-likeness (QED) is 0.696. The van der Waals surface area contributed by atoms with Crippen LogP contribution in [0.5, 0.6) is 0 Å². The number of aryl methyl sites for hydroxylation is 1. The van der Waals surface area contributed by atoms with Gasteiger partial charge in [-0.2, -0.15) is 5.10 Å². The standard InChI is InChI=1S/C14H25N3O3S/c1-17-10-12(8-16-17)7-14(9-15-4-5-20-2)13-3-6-21(18,19)11-13/h8,10,13-15H,3-7,9,11H2,1-2H3. The minimum atomic E-state index is -2.84. The predicted molar refractivity (Wildman–Crippen MR) is 81.9 cm³/mol. The third kappa shape index (κ3) is 5.09. The van der Waals surface area contributed by atoms with E-state index in [-0.39, 0.29) is 5.92 Å². The number of nitrogens with one attached hydrogen (secondary N) is 1. The number of methoxy groups -OCH3 is 1. The van der Waals surface area contributed by atoms with Gasteiger partial charge in [0.2, 0.25) is 0 Å². The monoisotopic (exact) mass is 315 g/mol. The highest BCUT2D eigenvalue weighted by molar-refractivity contribution is 7.91. The fourth-order valence-corrected chi connectivity index (χ4v) is 4.86. The first-order valence-corrected chi connectivity index (χ1v) is 9.20. The lowest BCUT2D eigenvalue weighted by molar-refractivity contribution is 0.195. The van der Waals surface area contributed by atoms with Gasteiger partial charge in [0.15, 0.2) is 9.84 Å². The lowest BCUT2D eigenvalue weighted by atomic mass is 9.87. The van der Waals surface area contributed by atoms with Crippen LogP contribution in [0.25, 0.3) is 0 Å². The van der Waals surface area contributed by atoms with Gasteiger partial charge in [-0.1, -0.05) is 0 Å². The van der Waals surface area contributed by atoms with Crippen LogP contribution in [0, 0.1) is 11.8 Å². The van der Waals surface area contributed by atoms with E-state index < -0.39 is 9.84 Å². The fourth-order valence-electron chi connectivity index (χ4n) is 2.94. The first-order chi connectivity index (χ1) is 10.00. The van der Waals surface area contributed by atoms with Crippen LogP contribution in [0.1, 0.15) is 12.0 Å². The molecule has 1 fully saturated rings. The molecule has 2 rings (SSSR count). The molecular formula is C14H25N3O3S. The molecule has 7 heteroatoms. The first-order valence-electron chi connectivity index (χ1n) is 7.38. The van der Waals surface area contributed by atoms with Crippen molar-refractivity contribution in [2.45, 2.75) is 12.8 Å². The lowest BCUT2D eigenvalue weighted by Gasteiger charge is -2.22. The maximum atomic E-state index is 11.7. The second-order valence-corrected chi connectivity index (χ2v) is 8.08. The van der Waals surface area contributed by atoms with Crippen LogP contribution in [0.2, 0.25) is 0 Å². The molecule has 0 amide bonds. The van der Waals surface area contributed by atoms with Gasteiger partial charge in [-0.3, -0.25) is 4.68 Å². The van der Waals surface area contributed by atoms with Crippen molar-refractivity contribution in [1.29, 1.82) is 0 Å². The molecule has 1 aromatic rings. The second kappa shape index (κ2) is 7.38. The van der Waals surface area contributed by atoms with E-state index in [0.29, 0.717) is 24.0 Å². The van der Waals surface area contributed by atoms with Crippen LogP contribution in [-0.2, 0) is 28.0 Å². The van der Waals surface area contributed by atoms with Crippen molar-refractivity contribution in [2.75, 3.05) is 38.3 Å². The Kier molecular flexibility index (Phi) is 5.78. The normalized spacial score (nSPS) is 22.5. The van der Waals surface area contributed by atoms with Gasteiger partial charge in [0.1, 0.15) is 0 Å². The summed E-state index contributed by atoms with van der Waals surface area (Å²) in [6.45, 7) is 2.28. The van der Waals surface area contributed by atoms with E-state index in [2.05, 4.69) is 10.4 Å². The van der Waals surface area contributed by atoms with Gasteiger partial charge in [0, 0.05) is 26.9 Å². The van der Waals surface area contributed by atoms with Crippen molar-refractivity contribution in [3.8, 4) is 0 Å². The van der Waals surface area contributed by atoms with Gasteiger partial charge in [0.25, 0.3) is 0 Å². The number of rotatable bonds is 8. The minimum Gasteiger partial charge on any atom is -0.383 e. The SMILES string of the molecule is COCCNCC(Cc1cnn(C)c1)C1CCS(=O)(=O)C1. The first kappa shape index (κ1) is 16.5. The minimum absolute atomic E-state index is 0.241. The third-order valence-corrected chi connectivity index (χ3v) is 5.87. The van der Waals surface area contributed by atoms with Gasteiger partial charge in [0.05, 0.1) is 24.3 Å². The zero-order chi connectivity index (χ0) is 15.3.